The Morgan fingerprint density at radius 3 is 2.30 bits per heavy atom. The summed E-state index contributed by atoms with van der Waals surface area (Å²) in [5.41, 5.74) is 0. The van der Waals surface area contributed by atoms with Gasteiger partial charge in [0.2, 0.25) is 0 Å². The molecule has 20 heavy (non-hydrogen) atoms. The van der Waals surface area contributed by atoms with Crippen LogP contribution >= 0.6 is 24.0 Å². The summed E-state index contributed by atoms with van der Waals surface area (Å²) in [7, 11) is 1.84. The third-order valence-electron chi connectivity index (χ3n) is 3.44. The highest BCUT2D eigenvalue weighted by molar-refractivity contribution is 14.0. The summed E-state index contributed by atoms with van der Waals surface area (Å²) in [6, 6.07) is 0.475. The Morgan fingerprint density at radius 1 is 1.15 bits per heavy atom. The quantitative estimate of drug-likeness (QED) is 0.257. The van der Waals surface area contributed by atoms with E-state index in [1.54, 1.807) is 0 Å². The van der Waals surface area contributed by atoms with Gasteiger partial charge in [0.05, 0.1) is 0 Å². The molecule has 5 heteroatoms. The van der Waals surface area contributed by atoms with Crippen LogP contribution in [-0.4, -0.2) is 50.1 Å². The first kappa shape index (κ1) is 22.2. The summed E-state index contributed by atoms with van der Waals surface area (Å²) in [5, 5.41) is 6.81. The number of nitrogens with one attached hydrogen (secondary N) is 2. The van der Waals surface area contributed by atoms with Crippen LogP contribution in [0.1, 0.15) is 53.4 Å². The minimum atomic E-state index is 0. The van der Waals surface area contributed by atoms with Gasteiger partial charge in [0, 0.05) is 19.6 Å². The van der Waals surface area contributed by atoms with Crippen molar-refractivity contribution in [2.45, 2.75) is 59.4 Å². The maximum absolute atomic E-state index is 4.26. The van der Waals surface area contributed by atoms with Crippen molar-refractivity contribution in [1.82, 2.24) is 15.5 Å². The van der Waals surface area contributed by atoms with Crippen LogP contribution in [0.3, 0.4) is 0 Å². The molecule has 0 saturated carbocycles. The molecule has 0 aliphatic carbocycles. The molecule has 0 heterocycles. The van der Waals surface area contributed by atoms with Gasteiger partial charge in [-0.15, -0.1) is 24.0 Å². The highest BCUT2D eigenvalue weighted by Gasteiger charge is 2.06. The summed E-state index contributed by atoms with van der Waals surface area (Å²) in [5.74, 6) is 0.934. The molecule has 4 nitrogen and oxygen atoms in total. The highest BCUT2D eigenvalue weighted by atomic mass is 127. The zero-order chi connectivity index (χ0) is 14.5. The van der Waals surface area contributed by atoms with Crippen LogP contribution in [0.5, 0.6) is 0 Å². The molecule has 2 N–H and O–H groups in total. The van der Waals surface area contributed by atoms with Gasteiger partial charge in [0.1, 0.15) is 0 Å². The second kappa shape index (κ2) is 15.4. The summed E-state index contributed by atoms with van der Waals surface area (Å²) in [6.45, 7) is 13.4. The van der Waals surface area contributed by atoms with Crippen molar-refractivity contribution < 1.29 is 0 Å². The largest absolute Gasteiger partial charge is 0.356 e. The Balaban J connectivity index is 0. The molecule has 1 atom stereocenters. The standard InChI is InChI=1S/C15H34N4.HI/c1-6-9-12-17-15(16-5)18-14(4)11-10-13-19(7-2)8-3;/h14H,6-13H2,1-5H3,(H2,16,17,18);1H. The molecular weight excluding hydrogens is 363 g/mol. The zero-order valence-corrected chi connectivity index (χ0v) is 16.4. The molecule has 122 valence electrons. The number of guanidine groups is 1. The number of nitrogens with zero attached hydrogens (tertiary/aromatic N) is 2. The van der Waals surface area contributed by atoms with Crippen LogP contribution in [0.15, 0.2) is 4.99 Å². The van der Waals surface area contributed by atoms with E-state index in [-0.39, 0.29) is 24.0 Å². The smallest absolute Gasteiger partial charge is 0.191 e. The van der Waals surface area contributed by atoms with Crippen molar-refractivity contribution >= 4 is 29.9 Å². The van der Waals surface area contributed by atoms with E-state index in [2.05, 4.69) is 48.2 Å². The minimum absolute atomic E-state index is 0. The molecule has 0 bridgehead atoms. The molecule has 0 aromatic heterocycles. The topological polar surface area (TPSA) is 39.7 Å². The number of rotatable bonds is 10. The number of hydrogen-bond acceptors (Lipinski definition) is 2. The van der Waals surface area contributed by atoms with Crippen LogP contribution in [0.4, 0.5) is 0 Å². The lowest BCUT2D eigenvalue weighted by Crippen LogP contribution is -2.42. The van der Waals surface area contributed by atoms with Crippen molar-refractivity contribution in [1.29, 1.82) is 0 Å². The predicted octanol–water partition coefficient (Wildman–Crippen LogP) is 3.08. The number of unbranched alkanes of at least 4 members (excludes halogenated alkanes) is 1. The molecule has 0 aromatic rings. The van der Waals surface area contributed by atoms with Gasteiger partial charge >= 0.3 is 0 Å². The molecular formula is C15H35IN4. The van der Waals surface area contributed by atoms with Gasteiger partial charge in [-0.05, 0) is 45.8 Å². The minimum Gasteiger partial charge on any atom is -0.356 e. The number of aliphatic imine (C=N–C) groups is 1. The molecule has 0 spiro atoms. The van der Waals surface area contributed by atoms with Crippen LogP contribution in [0, 0.1) is 0 Å². The molecule has 0 radical (unpaired) electrons. The van der Waals surface area contributed by atoms with E-state index in [1.807, 2.05) is 7.05 Å². The molecule has 0 amide bonds. The Bertz CT molecular complexity index is 230. The molecule has 1 unspecified atom stereocenters. The lowest BCUT2D eigenvalue weighted by molar-refractivity contribution is 0.292. The molecule has 0 saturated heterocycles. The highest BCUT2D eigenvalue weighted by Crippen LogP contribution is 1.99. The van der Waals surface area contributed by atoms with Crippen LogP contribution in [0.25, 0.3) is 0 Å². The monoisotopic (exact) mass is 398 g/mol. The predicted molar refractivity (Wildman–Crippen MR) is 101 cm³/mol. The average Bonchev–Trinajstić information content (AvgIpc) is 2.42. The van der Waals surface area contributed by atoms with E-state index in [0.717, 1.165) is 25.6 Å². The normalized spacial score (nSPS) is 13.0. The van der Waals surface area contributed by atoms with Gasteiger partial charge in [-0.1, -0.05) is 27.2 Å². The van der Waals surface area contributed by atoms with E-state index in [9.17, 15) is 0 Å². The lowest BCUT2D eigenvalue weighted by Gasteiger charge is -2.21. The average molecular weight is 398 g/mol. The fraction of sp³-hybridized carbons (Fsp3) is 0.933. The van der Waals surface area contributed by atoms with Crippen LogP contribution < -0.4 is 10.6 Å². The van der Waals surface area contributed by atoms with E-state index in [4.69, 9.17) is 0 Å². The number of halogens is 1. The van der Waals surface area contributed by atoms with Crippen molar-refractivity contribution in [3.63, 3.8) is 0 Å². The first-order valence-electron chi connectivity index (χ1n) is 7.87. The Morgan fingerprint density at radius 2 is 1.80 bits per heavy atom. The fourth-order valence-corrected chi connectivity index (χ4v) is 2.04. The van der Waals surface area contributed by atoms with Gasteiger partial charge in [-0.25, -0.2) is 0 Å². The van der Waals surface area contributed by atoms with E-state index in [0.29, 0.717) is 6.04 Å². The van der Waals surface area contributed by atoms with E-state index in [1.165, 1.54) is 32.2 Å². The van der Waals surface area contributed by atoms with Gasteiger partial charge in [-0.3, -0.25) is 4.99 Å². The Kier molecular flexibility index (Phi) is 17.1. The first-order chi connectivity index (χ1) is 9.17. The van der Waals surface area contributed by atoms with E-state index >= 15 is 0 Å². The second-order valence-corrected chi connectivity index (χ2v) is 5.07. The SMILES string of the molecule is CCCCNC(=NC)NC(C)CCCN(CC)CC.I. The third-order valence-corrected chi connectivity index (χ3v) is 3.44. The number of hydrogen-bond donors (Lipinski definition) is 2. The van der Waals surface area contributed by atoms with Crippen LogP contribution in [-0.2, 0) is 0 Å². The van der Waals surface area contributed by atoms with Crippen molar-refractivity contribution in [2.24, 2.45) is 4.99 Å². The molecule has 0 aliphatic rings. The van der Waals surface area contributed by atoms with Crippen molar-refractivity contribution in [3.05, 3.63) is 0 Å². The maximum atomic E-state index is 4.26. The van der Waals surface area contributed by atoms with Gasteiger partial charge in [0.25, 0.3) is 0 Å². The second-order valence-electron chi connectivity index (χ2n) is 5.07. The van der Waals surface area contributed by atoms with Gasteiger partial charge < -0.3 is 15.5 Å². The van der Waals surface area contributed by atoms with Gasteiger partial charge in [0.15, 0.2) is 5.96 Å². The van der Waals surface area contributed by atoms with Crippen molar-refractivity contribution in [3.8, 4) is 0 Å². The first-order valence-corrected chi connectivity index (χ1v) is 7.87. The van der Waals surface area contributed by atoms with Gasteiger partial charge in [-0.2, -0.15) is 0 Å². The summed E-state index contributed by atoms with van der Waals surface area (Å²) < 4.78 is 0. The Labute approximate surface area is 143 Å². The molecule has 0 aromatic carbocycles. The summed E-state index contributed by atoms with van der Waals surface area (Å²) in [4.78, 5) is 6.73. The van der Waals surface area contributed by atoms with Crippen LogP contribution in [0.2, 0.25) is 0 Å². The third kappa shape index (κ3) is 11.8. The zero-order valence-electron chi connectivity index (χ0n) is 14.0. The fourth-order valence-electron chi connectivity index (χ4n) is 2.04. The molecule has 0 rings (SSSR count). The summed E-state index contributed by atoms with van der Waals surface area (Å²) >= 11 is 0. The summed E-state index contributed by atoms with van der Waals surface area (Å²) in [6.07, 6.45) is 4.83. The lowest BCUT2D eigenvalue weighted by atomic mass is 10.2. The van der Waals surface area contributed by atoms with E-state index < -0.39 is 0 Å². The maximum Gasteiger partial charge on any atom is 0.191 e. The Hall–Kier alpha value is -0.0400. The molecule has 0 fully saturated rings. The molecule has 0 aliphatic heterocycles. The van der Waals surface area contributed by atoms with Crippen molar-refractivity contribution in [2.75, 3.05) is 33.2 Å².